The quantitative estimate of drug-likeness (QED) is 0.581. The molecule has 2 fully saturated rings. The number of rotatable bonds is 2. The van der Waals surface area contributed by atoms with Crippen LogP contribution in [0.1, 0.15) is 58.8 Å². The van der Waals surface area contributed by atoms with Gasteiger partial charge in [-0.2, -0.15) is 0 Å². The van der Waals surface area contributed by atoms with Crippen molar-refractivity contribution in [2.45, 2.75) is 58.8 Å². The lowest BCUT2D eigenvalue weighted by atomic mass is 9.72. The molecule has 70 valence electrons. The molecule has 0 heteroatoms. The van der Waals surface area contributed by atoms with Gasteiger partial charge in [-0.25, -0.2) is 0 Å². The summed E-state index contributed by atoms with van der Waals surface area (Å²) >= 11 is 0. The summed E-state index contributed by atoms with van der Waals surface area (Å²) in [4.78, 5) is 0. The van der Waals surface area contributed by atoms with Gasteiger partial charge in [-0.3, -0.25) is 0 Å². The second kappa shape index (κ2) is 3.05. The molecule has 0 nitrogen and oxygen atoms in total. The molecule has 0 radical (unpaired) electrons. The van der Waals surface area contributed by atoms with Gasteiger partial charge in [0.05, 0.1) is 0 Å². The third-order valence-electron chi connectivity index (χ3n) is 4.40. The molecule has 0 aromatic carbocycles. The van der Waals surface area contributed by atoms with E-state index < -0.39 is 0 Å². The molecule has 0 heterocycles. The van der Waals surface area contributed by atoms with E-state index in [4.69, 9.17) is 0 Å². The molecule has 0 atom stereocenters. The maximum atomic E-state index is 2.43. The zero-order chi connectivity index (χ0) is 8.60. The van der Waals surface area contributed by atoms with Gasteiger partial charge in [0.25, 0.3) is 0 Å². The Kier molecular flexibility index (Phi) is 2.18. The predicted octanol–water partition coefficient (Wildman–Crippen LogP) is 4.00. The van der Waals surface area contributed by atoms with Crippen LogP contribution in [0.5, 0.6) is 0 Å². The molecule has 0 unspecified atom stereocenters. The maximum Gasteiger partial charge on any atom is -0.0246 e. The molecule has 0 spiro atoms. The first-order chi connectivity index (χ1) is 5.76. The minimum absolute atomic E-state index is 0.820. The summed E-state index contributed by atoms with van der Waals surface area (Å²) in [6.45, 7) is 4.86. The van der Waals surface area contributed by atoms with Gasteiger partial charge >= 0.3 is 0 Å². The van der Waals surface area contributed by atoms with E-state index in [1.807, 2.05) is 0 Å². The van der Waals surface area contributed by atoms with Gasteiger partial charge in [0.1, 0.15) is 0 Å². The summed E-state index contributed by atoms with van der Waals surface area (Å²) in [6, 6.07) is 0. The van der Waals surface area contributed by atoms with Gasteiger partial charge in [-0.15, -0.1) is 0 Å². The van der Waals surface area contributed by atoms with Crippen LogP contribution in [0.3, 0.4) is 0 Å². The summed E-state index contributed by atoms with van der Waals surface area (Å²) in [6.07, 6.45) is 10.7. The van der Waals surface area contributed by atoms with Crippen LogP contribution >= 0.6 is 0 Å². The van der Waals surface area contributed by atoms with E-state index in [2.05, 4.69) is 13.8 Å². The summed E-state index contributed by atoms with van der Waals surface area (Å²) in [5, 5.41) is 0. The summed E-state index contributed by atoms with van der Waals surface area (Å²) < 4.78 is 0. The van der Waals surface area contributed by atoms with Gasteiger partial charge in [-0.1, -0.05) is 33.1 Å². The Morgan fingerprint density at radius 3 is 2.00 bits per heavy atom. The van der Waals surface area contributed by atoms with E-state index in [-0.39, 0.29) is 0 Å². The number of hydrogen-bond donors (Lipinski definition) is 0. The van der Waals surface area contributed by atoms with Crippen LogP contribution in [-0.2, 0) is 0 Å². The van der Waals surface area contributed by atoms with Crippen molar-refractivity contribution >= 4 is 0 Å². The van der Waals surface area contributed by atoms with Gasteiger partial charge < -0.3 is 0 Å². The molecule has 2 saturated carbocycles. The van der Waals surface area contributed by atoms with E-state index in [0.717, 1.165) is 17.3 Å². The Morgan fingerprint density at radius 1 is 1.00 bits per heavy atom. The van der Waals surface area contributed by atoms with Crippen LogP contribution < -0.4 is 0 Å². The topological polar surface area (TPSA) is 0 Å². The van der Waals surface area contributed by atoms with E-state index >= 15 is 0 Å². The normalized spacial score (nSPS) is 29.2. The van der Waals surface area contributed by atoms with Crippen LogP contribution in [0.25, 0.3) is 0 Å². The molecule has 0 N–H and O–H groups in total. The van der Waals surface area contributed by atoms with E-state index in [0.29, 0.717) is 0 Å². The molecule has 2 aliphatic rings. The molecule has 0 saturated heterocycles. The molecule has 0 aromatic rings. The molecule has 2 aliphatic carbocycles. The first kappa shape index (κ1) is 8.59. The molecule has 2 rings (SSSR count). The summed E-state index contributed by atoms with van der Waals surface area (Å²) in [5.74, 6) is 2.05. The third kappa shape index (κ3) is 1.30. The second-order valence-electron chi connectivity index (χ2n) is 5.22. The van der Waals surface area contributed by atoms with Crippen LogP contribution in [0.2, 0.25) is 0 Å². The van der Waals surface area contributed by atoms with Gasteiger partial charge in [0.2, 0.25) is 0 Å². The fourth-order valence-corrected chi connectivity index (χ4v) is 3.28. The van der Waals surface area contributed by atoms with Crippen molar-refractivity contribution in [3.8, 4) is 0 Å². The molecule has 0 bridgehead atoms. The molecule has 0 aromatic heterocycles. The first-order valence-electron chi connectivity index (χ1n) is 5.76. The number of hydrogen-bond acceptors (Lipinski definition) is 0. The average Bonchev–Trinajstić information content (AvgIpc) is 2.86. The smallest absolute Gasteiger partial charge is 0.0246 e. The largest absolute Gasteiger partial charge is 0.0622 e. The Balaban J connectivity index is 1.97. The second-order valence-corrected chi connectivity index (χ2v) is 5.22. The van der Waals surface area contributed by atoms with Crippen molar-refractivity contribution in [2.75, 3.05) is 0 Å². The molecule has 12 heavy (non-hydrogen) atoms. The average molecular weight is 166 g/mol. The van der Waals surface area contributed by atoms with Crippen LogP contribution in [0, 0.1) is 17.3 Å². The van der Waals surface area contributed by atoms with Crippen molar-refractivity contribution in [3.63, 3.8) is 0 Å². The SMILES string of the molecule is CC(C)C1(C2CCCCC2)CC1. The van der Waals surface area contributed by atoms with Crippen LogP contribution in [0.15, 0.2) is 0 Å². The van der Waals surface area contributed by atoms with Gasteiger partial charge in [0, 0.05) is 0 Å². The fraction of sp³-hybridized carbons (Fsp3) is 1.00. The Hall–Kier alpha value is 0. The zero-order valence-corrected chi connectivity index (χ0v) is 8.60. The molecular weight excluding hydrogens is 144 g/mol. The highest BCUT2D eigenvalue weighted by Crippen LogP contribution is 2.60. The molecule has 0 aliphatic heterocycles. The summed E-state index contributed by atoms with van der Waals surface area (Å²) in [5.41, 5.74) is 0.820. The minimum Gasteiger partial charge on any atom is -0.0622 e. The highest BCUT2D eigenvalue weighted by atomic mass is 14.6. The van der Waals surface area contributed by atoms with Gasteiger partial charge in [-0.05, 0) is 42.9 Å². The lowest BCUT2D eigenvalue weighted by Gasteiger charge is -2.33. The lowest BCUT2D eigenvalue weighted by Crippen LogP contribution is -2.23. The third-order valence-corrected chi connectivity index (χ3v) is 4.40. The molecular formula is C12H22. The highest BCUT2D eigenvalue weighted by Gasteiger charge is 2.50. The first-order valence-corrected chi connectivity index (χ1v) is 5.76. The standard InChI is InChI=1S/C12H22/c1-10(2)12(8-9-12)11-6-4-3-5-7-11/h10-11H,3-9H2,1-2H3. The minimum atomic E-state index is 0.820. The van der Waals surface area contributed by atoms with Crippen molar-refractivity contribution < 1.29 is 0 Å². The van der Waals surface area contributed by atoms with Crippen molar-refractivity contribution in [1.82, 2.24) is 0 Å². The highest BCUT2D eigenvalue weighted by molar-refractivity contribution is 5.00. The van der Waals surface area contributed by atoms with Crippen LogP contribution in [-0.4, -0.2) is 0 Å². The molecule has 0 amide bonds. The zero-order valence-electron chi connectivity index (χ0n) is 8.60. The maximum absolute atomic E-state index is 2.43. The van der Waals surface area contributed by atoms with Gasteiger partial charge in [0.15, 0.2) is 0 Å². The monoisotopic (exact) mass is 166 g/mol. The van der Waals surface area contributed by atoms with E-state index in [1.54, 1.807) is 0 Å². The van der Waals surface area contributed by atoms with Crippen molar-refractivity contribution in [1.29, 1.82) is 0 Å². The summed E-state index contributed by atoms with van der Waals surface area (Å²) in [7, 11) is 0. The Bertz CT molecular complexity index is 147. The van der Waals surface area contributed by atoms with E-state index in [1.165, 1.54) is 44.9 Å². The fourth-order valence-electron chi connectivity index (χ4n) is 3.28. The Labute approximate surface area is 76.7 Å². The van der Waals surface area contributed by atoms with Crippen molar-refractivity contribution in [3.05, 3.63) is 0 Å². The predicted molar refractivity (Wildman–Crippen MR) is 53.1 cm³/mol. The van der Waals surface area contributed by atoms with E-state index in [9.17, 15) is 0 Å². The lowest BCUT2D eigenvalue weighted by molar-refractivity contribution is 0.172. The Morgan fingerprint density at radius 2 is 1.58 bits per heavy atom. The van der Waals surface area contributed by atoms with Crippen LogP contribution in [0.4, 0.5) is 0 Å². The van der Waals surface area contributed by atoms with Crippen molar-refractivity contribution in [2.24, 2.45) is 17.3 Å².